The number of rotatable bonds is 4. The van der Waals surface area contributed by atoms with Gasteiger partial charge < -0.3 is 9.73 Å². The van der Waals surface area contributed by atoms with Gasteiger partial charge in [-0.15, -0.1) is 0 Å². The second-order valence-electron chi connectivity index (χ2n) is 5.96. The highest BCUT2D eigenvalue weighted by atomic mass is 35.5. The maximum absolute atomic E-state index is 12.8. The average molecular weight is 397 g/mol. The van der Waals surface area contributed by atoms with Crippen molar-refractivity contribution in [2.45, 2.75) is 6.54 Å². The van der Waals surface area contributed by atoms with E-state index in [0.29, 0.717) is 33.6 Å². The van der Waals surface area contributed by atoms with Crippen LogP contribution in [0.3, 0.4) is 0 Å². The van der Waals surface area contributed by atoms with E-state index in [1.807, 2.05) is 36.4 Å². The first-order valence-corrected chi connectivity index (χ1v) is 9.03. The van der Waals surface area contributed by atoms with Crippen molar-refractivity contribution >= 4 is 40.0 Å². The van der Waals surface area contributed by atoms with Gasteiger partial charge in [-0.3, -0.25) is 4.79 Å². The number of amides is 1. The first-order valence-electron chi connectivity index (χ1n) is 8.27. The minimum atomic E-state index is -0.202. The number of carbonyl (C=O) groups is 1. The lowest BCUT2D eigenvalue weighted by molar-refractivity contribution is 0.0949. The number of pyridine rings is 1. The van der Waals surface area contributed by atoms with E-state index in [1.165, 1.54) is 0 Å². The van der Waals surface area contributed by atoms with Crippen LogP contribution in [0.4, 0.5) is 0 Å². The zero-order valence-electron chi connectivity index (χ0n) is 14.1. The fraction of sp³-hybridized carbons (Fsp3) is 0.0476. The third kappa shape index (κ3) is 3.68. The third-order valence-corrected chi connectivity index (χ3v) is 4.92. The molecule has 4 aromatic rings. The van der Waals surface area contributed by atoms with Gasteiger partial charge in [0, 0.05) is 10.9 Å². The molecule has 0 aliphatic rings. The first kappa shape index (κ1) is 17.6. The van der Waals surface area contributed by atoms with Gasteiger partial charge in [0.15, 0.2) is 0 Å². The van der Waals surface area contributed by atoms with Gasteiger partial charge in [0.1, 0.15) is 5.76 Å². The van der Waals surface area contributed by atoms with E-state index in [1.54, 1.807) is 30.5 Å². The predicted molar refractivity (Wildman–Crippen MR) is 107 cm³/mol. The molecule has 0 unspecified atom stereocenters. The van der Waals surface area contributed by atoms with Gasteiger partial charge in [-0.1, -0.05) is 47.5 Å². The summed E-state index contributed by atoms with van der Waals surface area (Å²) in [6, 6.07) is 18.2. The molecule has 0 aliphatic carbocycles. The van der Waals surface area contributed by atoms with Crippen molar-refractivity contribution in [3.63, 3.8) is 0 Å². The largest absolute Gasteiger partial charge is 0.467 e. The van der Waals surface area contributed by atoms with Gasteiger partial charge in [-0.25, -0.2) is 4.98 Å². The minimum Gasteiger partial charge on any atom is -0.467 e. The van der Waals surface area contributed by atoms with Crippen LogP contribution in [0.15, 0.2) is 71.3 Å². The Morgan fingerprint density at radius 3 is 2.63 bits per heavy atom. The Morgan fingerprint density at radius 2 is 1.85 bits per heavy atom. The molecule has 0 spiro atoms. The molecule has 0 bridgehead atoms. The van der Waals surface area contributed by atoms with Gasteiger partial charge in [-0.05, 0) is 36.4 Å². The molecule has 0 atom stereocenters. The van der Waals surface area contributed by atoms with Crippen molar-refractivity contribution in [2.75, 3.05) is 0 Å². The van der Waals surface area contributed by atoms with E-state index in [-0.39, 0.29) is 5.91 Å². The van der Waals surface area contributed by atoms with E-state index in [4.69, 9.17) is 27.6 Å². The summed E-state index contributed by atoms with van der Waals surface area (Å²) in [5.41, 5.74) is 2.70. The number of nitrogens with one attached hydrogen (secondary N) is 1. The molecule has 0 aliphatic heterocycles. The van der Waals surface area contributed by atoms with E-state index >= 15 is 0 Å². The number of aromatic nitrogens is 1. The highest BCUT2D eigenvalue weighted by Gasteiger charge is 2.14. The van der Waals surface area contributed by atoms with E-state index < -0.39 is 0 Å². The molecule has 2 aromatic heterocycles. The number of fused-ring (bicyclic) bond motifs is 1. The Balaban J connectivity index is 1.76. The molecule has 27 heavy (non-hydrogen) atoms. The van der Waals surface area contributed by atoms with Gasteiger partial charge in [0.25, 0.3) is 5.91 Å². The molecule has 4 nitrogen and oxygen atoms in total. The maximum atomic E-state index is 12.8. The molecule has 6 heteroatoms. The number of para-hydroxylation sites is 1. The van der Waals surface area contributed by atoms with Crippen LogP contribution in [0, 0.1) is 0 Å². The summed E-state index contributed by atoms with van der Waals surface area (Å²) in [4.78, 5) is 17.5. The molecule has 0 saturated carbocycles. The standard InChI is InChI=1S/C21H14Cl2N2O2/c22-17-8-7-13(10-18(17)23)20-11-16(15-5-1-2-6-19(15)25-20)21(26)24-12-14-4-3-9-27-14/h1-11H,12H2,(H,24,26). The van der Waals surface area contributed by atoms with Crippen LogP contribution in [-0.4, -0.2) is 10.9 Å². The van der Waals surface area contributed by atoms with Crippen molar-refractivity contribution in [1.29, 1.82) is 0 Å². The van der Waals surface area contributed by atoms with E-state index in [2.05, 4.69) is 10.3 Å². The van der Waals surface area contributed by atoms with Gasteiger partial charge in [0.2, 0.25) is 0 Å². The van der Waals surface area contributed by atoms with Crippen molar-refractivity contribution in [1.82, 2.24) is 10.3 Å². The van der Waals surface area contributed by atoms with Crippen molar-refractivity contribution in [3.8, 4) is 11.3 Å². The fourth-order valence-electron chi connectivity index (χ4n) is 2.84. The number of halogens is 2. The van der Waals surface area contributed by atoms with Crippen LogP contribution in [0.5, 0.6) is 0 Å². The highest BCUT2D eigenvalue weighted by Crippen LogP contribution is 2.30. The Labute approximate surface area is 165 Å². The molecule has 4 rings (SSSR count). The Morgan fingerprint density at radius 1 is 1.00 bits per heavy atom. The second-order valence-corrected chi connectivity index (χ2v) is 6.78. The molecule has 2 aromatic carbocycles. The molecular weight excluding hydrogens is 383 g/mol. The van der Waals surface area contributed by atoms with Crippen LogP contribution >= 0.6 is 23.2 Å². The number of hydrogen-bond acceptors (Lipinski definition) is 3. The number of furan rings is 1. The summed E-state index contributed by atoms with van der Waals surface area (Å²) in [6.45, 7) is 0.310. The van der Waals surface area contributed by atoms with Crippen molar-refractivity contribution in [2.24, 2.45) is 0 Å². The predicted octanol–water partition coefficient (Wildman–Crippen LogP) is 5.73. The van der Waals surface area contributed by atoms with E-state index in [9.17, 15) is 4.79 Å². The zero-order valence-corrected chi connectivity index (χ0v) is 15.6. The number of benzene rings is 2. The van der Waals surface area contributed by atoms with Gasteiger partial charge >= 0.3 is 0 Å². The van der Waals surface area contributed by atoms with Crippen LogP contribution in [0.25, 0.3) is 22.2 Å². The lowest BCUT2D eigenvalue weighted by Gasteiger charge is -2.10. The third-order valence-electron chi connectivity index (χ3n) is 4.18. The Kier molecular flexibility index (Phi) is 4.84. The quantitative estimate of drug-likeness (QED) is 0.478. The summed E-state index contributed by atoms with van der Waals surface area (Å²) < 4.78 is 5.27. The molecule has 2 heterocycles. The molecule has 1 amide bonds. The first-order chi connectivity index (χ1) is 13.1. The normalized spacial score (nSPS) is 10.9. The Bertz CT molecular complexity index is 1120. The maximum Gasteiger partial charge on any atom is 0.252 e. The zero-order chi connectivity index (χ0) is 18.8. The monoisotopic (exact) mass is 396 g/mol. The second kappa shape index (κ2) is 7.43. The Hall–Kier alpha value is -2.82. The molecule has 134 valence electrons. The summed E-state index contributed by atoms with van der Waals surface area (Å²) in [6.07, 6.45) is 1.58. The van der Waals surface area contributed by atoms with Crippen LogP contribution in [0.2, 0.25) is 10.0 Å². The molecule has 0 saturated heterocycles. The smallest absolute Gasteiger partial charge is 0.252 e. The number of carbonyl (C=O) groups excluding carboxylic acids is 1. The lowest BCUT2D eigenvalue weighted by atomic mass is 10.0. The summed E-state index contributed by atoms with van der Waals surface area (Å²) in [7, 11) is 0. The molecule has 0 radical (unpaired) electrons. The lowest BCUT2D eigenvalue weighted by Crippen LogP contribution is -2.23. The van der Waals surface area contributed by atoms with Crippen LogP contribution < -0.4 is 5.32 Å². The van der Waals surface area contributed by atoms with Crippen LogP contribution in [0.1, 0.15) is 16.1 Å². The summed E-state index contributed by atoms with van der Waals surface area (Å²) >= 11 is 12.2. The van der Waals surface area contributed by atoms with Gasteiger partial charge in [0.05, 0.1) is 39.6 Å². The summed E-state index contributed by atoms with van der Waals surface area (Å²) in [5.74, 6) is 0.484. The van der Waals surface area contributed by atoms with Gasteiger partial charge in [-0.2, -0.15) is 0 Å². The van der Waals surface area contributed by atoms with Crippen molar-refractivity contribution in [3.05, 3.63) is 88.3 Å². The summed E-state index contributed by atoms with van der Waals surface area (Å²) in [5, 5.41) is 4.57. The fourth-order valence-corrected chi connectivity index (χ4v) is 3.14. The molecule has 1 N–H and O–H groups in total. The topological polar surface area (TPSA) is 55.1 Å². The molecular formula is C21H14Cl2N2O2. The van der Waals surface area contributed by atoms with Crippen molar-refractivity contribution < 1.29 is 9.21 Å². The minimum absolute atomic E-state index is 0.202. The molecule has 0 fully saturated rings. The number of hydrogen-bond donors (Lipinski definition) is 1. The highest BCUT2D eigenvalue weighted by molar-refractivity contribution is 6.42. The average Bonchev–Trinajstić information content (AvgIpc) is 3.21. The SMILES string of the molecule is O=C(NCc1ccco1)c1cc(-c2ccc(Cl)c(Cl)c2)nc2ccccc12. The van der Waals surface area contributed by atoms with Crippen LogP contribution in [-0.2, 0) is 6.54 Å². The number of nitrogens with zero attached hydrogens (tertiary/aromatic N) is 1. The van der Waals surface area contributed by atoms with E-state index in [0.717, 1.165) is 16.5 Å².